The maximum Gasteiger partial charge on any atom is 0.339 e. The van der Waals surface area contributed by atoms with E-state index in [2.05, 4.69) is 15.5 Å². The molecule has 1 aromatic heterocycles. The highest BCUT2D eigenvalue weighted by atomic mass is 32.2. The molecule has 3 aromatic rings. The van der Waals surface area contributed by atoms with Crippen molar-refractivity contribution in [3.05, 3.63) is 70.7 Å². The van der Waals surface area contributed by atoms with Crippen LogP contribution in [0.1, 0.15) is 16.8 Å². The summed E-state index contributed by atoms with van der Waals surface area (Å²) in [6.45, 7) is 3.80. The van der Waals surface area contributed by atoms with Crippen molar-refractivity contribution in [2.75, 3.05) is 5.43 Å². The van der Waals surface area contributed by atoms with Gasteiger partial charge in [-0.05, 0) is 55.8 Å². The lowest BCUT2D eigenvalue weighted by Gasteiger charge is -2.07. The molecule has 0 saturated carbocycles. The molecule has 0 fully saturated rings. The molecule has 3 rings (SSSR count). The average molecular weight is 387 g/mol. The summed E-state index contributed by atoms with van der Waals surface area (Å²) in [5.74, 6) is 0.242. The number of rotatable bonds is 6. The monoisotopic (exact) mass is 387 g/mol. The van der Waals surface area contributed by atoms with Crippen molar-refractivity contribution in [2.24, 2.45) is 5.10 Å². The highest BCUT2D eigenvalue weighted by Crippen LogP contribution is 2.19. The summed E-state index contributed by atoms with van der Waals surface area (Å²) in [6, 6.07) is 13.1. The minimum atomic E-state index is -3.85. The molecule has 0 radical (unpaired) electrons. The summed E-state index contributed by atoms with van der Waals surface area (Å²) < 4.78 is 29.7. The summed E-state index contributed by atoms with van der Waals surface area (Å²) in [5, 5.41) is 6.74. The van der Waals surface area contributed by atoms with Crippen LogP contribution in [0.3, 0.4) is 0 Å². The van der Waals surface area contributed by atoms with Gasteiger partial charge in [0, 0.05) is 5.38 Å². The zero-order valence-corrected chi connectivity index (χ0v) is 15.8. The molecule has 0 aliphatic carbocycles. The van der Waals surface area contributed by atoms with Crippen LogP contribution < -0.4 is 9.61 Å². The Morgan fingerprint density at radius 2 is 1.77 bits per heavy atom. The Kier molecular flexibility index (Phi) is 5.34. The molecule has 0 aliphatic rings. The maximum absolute atomic E-state index is 12.3. The lowest BCUT2D eigenvalue weighted by molar-refractivity contribution is 0.486. The molecular weight excluding hydrogens is 370 g/mol. The molecule has 8 heteroatoms. The van der Waals surface area contributed by atoms with E-state index in [0.29, 0.717) is 5.13 Å². The minimum absolute atomic E-state index is 0.122. The molecule has 0 atom stereocenters. The van der Waals surface area contributed by atoms with Gasteiger partial charge in [0.2, 0.25) is 5.13 Å². The number of anilines is 1. The van der Waals surface area contributed by atoms with Crippen molar-refractivity contribution in [3.8, 4) is 5.75 Å². The van der Waals surface area contributed by atoms with Crippen molar-refractivity contribution in [1.82, 2.24) is 4.98 Å². The maximum atomic E-state index is 12.3. The van der Waals surface area contributed by atoms with Crippen molar-refractivity contribution >= 4 is 32.8 Å². The van der Waals surface area contributed by atoms with E-state index in [9.17, 15) is 8.42 Å². The molecule has 0 aliphatic heterocycles. The van der Waals surface area contributed by atoms with E-state index < -0.39 is 10.1 Å². The summed E-state index contributed by atoms with van der Waals surface area (Å²) in [5.41, 5.74) is 5.55. The van der Waals surface area contributed by atoms with E-state index in [0.717, 1.165) is 16.8 Å². The molecule has 0 spiro atoms. The predicted octanol–water partition coefficient (Wildman–Crippen LogP) is 3.97. The molecule has 1 N–H and O–H groups in total. The zero-order chi connectivity index (χ0) is 18.6. The standard InChI is InChI=1S/C18H17N3O3S2/c1-13-3-9-17(10-4-13)26(22,23)24-16-7-5-15(6-8-16)11-19-21-18-20-14(2)12-25-18/h3-12H,1-2H3,(H,20,21). The van der Waals surface area contributed by atoms with Gasteiger partial charge < -0.3 is 4.18 Å². The Morgan fingerprint density at radius 1 is 1.08 bits per heavy atom. The first kappa shape index (κ1) is 18.1. The van der Waals surface area contributed by atoms with E-state index in [-0.39, 0.29) is 10.6 Å². The van der Waals surface area contributed by atoms with Crippen molar-refractivity contribution in [3.63, 3.8) is 0 Å². The molecule has 0 bridgehead atoms. The lowest BCUT2D eigenvalue weighted by Crippen LogP contribution is -2.09. The fraction of sp³-hybridized carbons (Fsp3) is 0.111. The Labute approximate surface area is 156 Å². The second kappa shape index (κ2) is 7.67. The second-order valence-electron chi connectivity index (χ2n) is 5.58. The van der Waals surface area contributed by atoms with Crippen molar-refractivity contribution < 1.29 is 12.6 Å². The average Bonchev–Trinajstić information content (AvgIpc) is 3.02. The van der Waals surface area contributed by atoms with Crippen LogP contribution in [0.4, 0.5) is 5.13 Å². The van der Waals surface area contributed by atoms with Gasteiger partial charge in [-0.1, -0.05) is 17.7 Å². The summed E-state index contributed by atoms with van der Waals surface area (Å²) in [4.78, 5) is 4.36. The largest absolute Gasteiger partial charge is 0.379 e. The molecule has 1 heterocycles. The van der Waals surface area contributed by atoms with Gasteiger partial charge in [-0.2, -0.15) is 13.5 Å². The molecule has 6 nitrogen and oxygen atoms in total. The number of hydrazone groups is 1. The Hall–Kier alpha value is -2.71. The van der Waals surface area contributed by atoms with Crippen LogP contribution in [0.25, 0.3) is 0 Å². The molecule has 26 heavy (non-hydrogen) atoms. The molecule has 134 valence electrons. The Balaban J connectivity index is 1.64. The van der Waals surface area contributed by atoms with Crippen LogP contribution in [-0.2, 0) is 10.1 Å². The highest BCUT2D eigenvalue weighted by molar-refractivity contribution is 7.87. The third-order valence-corrected chi connectivity index (χ3v) is 5.51. The quantitative estimate of drug-likeness (QED) is 0.393. The van der Waals surface area contributed by atoms with E-state index in [1.807, 2.05) is 19.2 Å². The van der Waals surface area contributed by atoms with E-state index in [4.69, 9.17) is 4.18 Å². The van der Waals surface area contributed by atoms with E-state index in [1.54, 1.807) is 42.6 Å². The third kappa shape index (κ3) is 4.68. The number of aryl methyl sites for hydroxylation is 2. The summed E-state index contributed by atoms with van der Waals surface area (Å²) >= 11 is 1.47. The van der Waals surface area contributed by atoms with E-state index in [1.165, 1.54) is 23.5 Å². The van der Waals surface area contributed by atoms with Gasteiger partial charge in [-0.25, -0.2) is 4.98 Å². The van der Waals surface area contributed by atoms with Crippen LogP contribution >= 0.6 is 11.3 Å². The fourth-order valence-corrected chi connectivity index (χ4v) is 3.62. The first-order valence-corrected chi connectivity index (χ1v) is 10.0. The number of thiazole rings is 1. The second-order valence-corrected chi connectivity index (χ2v) is 7.99. The highest BCUT2D eigenvalue weighted by Gasteiger charge is 2.16. The first-order valence-electron chi connectivity index (χ1n) is 7.75. The van der Waals surface area contributed by atoms with Gasteiger partial charge >= 0.3 is 10.1 Å². The van der Waals surface area contributed by atoms with Gasteiger partial charge in [0.25, 0.3) is 0 Å². The van der Waals surface area contributed by atoms with Crippen molar-refractivity contribution in [1.29, 1.82) is 0 Å². The van der Waals surface area contributed by atoms with Crippen LogP contribution in [0.5, 0.6) is 5.75 Å². The topological polar surface area (TPSA) is 80.7 Å². The number of nitrogens with zero attached hydrogens (tertiary/aromatic N) is 2. The SMILES string of the molecule is Cc1ccc(S(=O)(=O)Oc2ccc(C=NNc3nc(C)cs3)cc2)cc1. The molecule has 0 amide bonds. The van der Waals surface area contributed by atoms with E-state index >= 15 is 0 Å². The number of nitrogens with one attached hydrogen (secondary N) is 1. The first-order chi connectivity index (χ1) is 12.4. The Bertz CT molecular complexity index is 1010. The summed E-state index contributed by atoms with van der Waals surface area (Å²) in [6.07, 6.45) is 1.62. The van der Waals surface area contributed by atoms with Gasteiger partial charge in [-0.15, -0.1) is 11.3 Å². The van der Waals surface area contributed by atoms with Gasteiger partial charge in [0.1, 0.15) is 10.6 Å². The fourth-order valence-electron chi connectivity index (χ4n) is 2.06. The van der Waals surface area contributed by atoms with Crippen molar-refractivity contribution in [2.45, 2.75) is 18.7 Å². The van der Waals surface area contributed by atoms with Crippen LogP contribution in [0.15, 0.2) is 63.9 Å². The molecule has 0 saturated heterocycles. The number of hydrogen-bond acceptors (Lipinski definition) is 7. The van der Waals surface area contributed by atoms with Crippen LogP contribution in [0, 0.1) is 13.8 Å². The Morgan fingerprint density at radius 3 is 2.38 bits per heavy atom. The van der Waals surface area contributed by atoms with Crippen LogP contribution in [0.2, 0.25) is 0 Å². The number of hydrogen-bond donors (Lipinski definition) is 1. The number of benzene rings is 2. The van der Waals surface area contributed by atoms with Gasteiger partial charge in [0.15, 0.2) is 0 Å². The lowest BCUT2D eigenvalue weighted by atomic mass is 10.2. The molecule has 0 unspecified atom stereocenters. The normalized spacial score (nSPS) is 11.6. The van der Waals surface area contributed by atoms with Crippen LogP contribution in [-0.4, -0.2) is 19.6 Å². The predicted molar refractivity (Wildman–Crippen MR) is 104 cm³/mol. The van der Waals surface area contributed by atoms with Gasteiger partial charge in [-0.3, -0.25) is 5.43 Å². The minimum Gasteiger partial charge on any atom is -0.379 e. The third-order valence-electron chi connectivity index (χ3n) is 3.39. The zero-order valence-electron chi connectivity index (χ0n) is 14.2. The van der Waals surface area contributed by atoms with Gasteiger partial charge in [0.05, 0.1) is 11.9 Å². The molecule has 2 aromatic carbocycles. The number of aromatic nitrogens is 1. The smallest absolute Gasteiger partial charge is 0.339 e. The molecular formula is C18H17N3O3S2. The summed E-state index contributed by atoms with van der Waals surface area (Å²) in [7, 11) is -3.85.